The van der Waals surface area contributed by atoms with E-state index in [9.17, 15) is 0 Å². The minimum absolute atomic E-state index is 0.718. The first-order chi connectivity index (χ1) is 10.6. The maximum Gasteiger partial charge on any atom is 0.0412 e. The first-order valence-corrected chi connectivity index (χ1v) is 8.53. The summed E-state index contributed by atoms with van der Waals surface area (Å²) in [6.45, 7) is 8.14. The molecular formula is C18H30N4. The predicted molar refractivity (Wildman–Crippen MR) is 93.5 cm³/mol. The van der Waals surface area contributed by atoms with Crippen molar-refractivity contribution in [3.8, 4) is 0 Å². The third-order valence-electron chi connectivity index (χ3n) is 5.21. The lowest BCUT2D eigenvalue weighted by molar-refractivity contribution is 0.264. The van der Waals surface area contributed by atoms with E-state index in [1.165, 1.54) is 43.9 Å². The topological polar surface area (TPSA) is 13.0 Å². The molecule has 2 heterocycles. The summed E-state index contributed by atoms with van der Waals surface area (Å²) in [4.78, 5) is 9.96. The molecule has 0 saturated carbocycles. The van der Waals surface area contributed by atoms with E-state index < -0.39 is 0 Å². The minimum Gasteiger partial charge on any atom is -0.369 e. The highest BCUT2D eigenvalue weighted by Gasteiger charge is 2.25. The Labute approximate surface area is 135 Å². The molecular weight excluding hydrogens is 272 g/mol. The van der Waals surface area contributed by atoms with E-state index in [4.69, 9.17) is 0 Å². The molecule has 2 aliphatic heterocycles. The van der Waals surface area contributed by atoms with Gasteiger partial charge in [0.1, 0.15) is 0 Å². The second-order valence-corrected chi connectivity index (χ2v) is 7.06. The molecule has 0 amide bonds. The second kappa shape index (κ2) is 6.99. The average Bonchev–Trinajstić information content (AvgIpc) is 2.98. The SMILES string of the molecule is CN1CCN(c2ccccc2CN2CC[C@@H](N(C)C)C2)CC1. The second-order valence-electron chi connectivity index (χ2n) is 7.06. The van der Waals surface area contributed by atoms with E-state index in [0.29, 0.717) is 0 Å². The summed E-state index contributed by atoms with van der Waals surface area (Å²) in [5.41, 5.74) is 2.94. The van der Waals surface area contributed by atoms with Crippen LogP contribution in [-0.2, 0) is 6.54 Å². The molecule has 22 heavy (non-hydrogen) atoms. The van der Waals surface area contributed by atoms with Gasteiger partial charge in [-0.25, -0.2) is 0 Å². The zero-order chi connectivity index (χ0) is 15.5. The van der Waals surface area contributed by atoms with Crippen LogP contribution < -0.4 is 4.90 Å². The van der Waals surface area contributed by atoms with Crippen molar-refractivity contribution in [2.45, 2.75) is 19.0 Å². The van der Waals surface area contributed by atoms with Crippen molar-refractivity contribution in [2.24, 2.45) is 0 Å². The molecule has 0 spiro atoms. The molecule has 1 aromatic rings. The number of benzene rings is 1. The van der Waals surface area contributed by atoms with E-state index >= 15 is 0 Å². The van der Waals surface area contributed by atoms with Crippen LogP contribution in [0.2, 0.25) is 0 Å². The molecule has 3 rings (SSSR count). The molecule has 0 bridgehead atoms. The normalized spacial score (nSPS) is 24.4. The number of piperazine rings is 1. The first-order valence-electron chi connectivity index (χ1n) is 8.53. The van der Waals surface area contributed by atoms with Crippen LogP contribution in [0.25, 0.3) is 0 Å². The Hall–Kier alpha value is -1.10. The number of hydrogen-bond acceptors (Lipinski definition) is 4. The summed E-state index contributed by atoms with van der Waals surface area (Å²) < 4.78 is 0. The first kappa shape index (κ1) is 15.8. The summed E-state index contributed by atoms with van der Waals surface area (Å²) >= 11 is 0. The average molecular weight is 302 g/mol. The van der Waals surface area contributed by atoms with Gasteiger partial charge in [0, 0.05) is 57.5 Å². The summed E-state index contributed by atoms with van der Waals surface area (Å²) in [5, 5.41) is 0. The number of para-hydroxylation sites is 1. The molecule has 1 aromatic carbocycles. The number of likely N-dealkylation sites (tertiary alicyclic amines) is 1. The van der Waals surface area contributed by atoms with Gasteiger partial charge in [0.2, 0.25) is 0 Å². The van der Waals surface area contributed by atoms with Crippen LogP contribution in [0.15, 0.2) is 24.3 Å². The van der Waals surface area contributed by atoms with Crippen LogP contribution in [-0.4, -0.2) is 81.2 Å². The molecule has 0 N–H and O–H groups in total. The molecule has 0 radical (unpaired) electrons. The third kappa shape index (κ3) is 3.62. The molecule has 122 valence electrons. The maximum atomic E-state index is 2.61. The zero-order valence-corrected chi connectivity index (χ0v) is 14.3. The third-order valence-corrected chi connectivity index (χ3v) is 5.21. The van der Waals surface area contributed by atoms with Crippen molar-refractivity contribution in [1.82, 2.24) is 14.7 Å². The van der Waals surface area contributed by atoms with Gasteiger partial charge in [-0.3, -0.25) is 4.90 Å². The molecule has 4 nitrogen and oxygen atoms in total. The fraction of sp³-hybridized carbons (Fsp3) is 0.667. The number of hydrogen-bond donors (Lipinski definition) is 0. The number of likely N-dealkylation sites (N-methyl/N-ethyl adjacent to an activating group) is 2. The molecule has 2 aliphatic rings. The lowest BCUT2D eigenvalue weighted by atomic mass is 10.1. The largest absolute Gasteiger partial charge is 0.369 e. The summed E-state index contributed by atoms with van der Waals surface area (Å²) in [6.07, 6.45) is 1.30. The quantitative estimate of drug-likeness (QED) is 0.837. The number of nitrogens with zero attached hydrogens (tertiary/aromatic N) is 4. The van der Waals surface area contributed by atoms with E-state index in [1.54, 1.807) is 0 Å². The van der Waals surface area contributed by atoms with Crippen molar-refractivity contribution < 1.29 is 0 Å². The molecule has 1 atom stereocenters. The zero-order valence-electron chi connectivity index (χ0n) is 14.3. The van der Waals surface area contributed by atoms with Crippen molar-refractivity contribution in [3.05, 3.63) is 29.8 Å². The predicted octanol–water partition coefficient (Wildman–Crippen LogP) is 1.57. The van der Waals surface area contributed by atoms with E-state index in [0.717, 1.165) is 25.7 Å². The Morgan fingerprint density at radius 3 is 2.45 bits per heavy atom. The number of anilines is 1. The maximum absolute atomic E-state index is 2.61. The van der Waals surface area contributed by atoms with Gasteiger partial charge in [-0.05, 0) is 39.2 Å². The van der Waals surface area contributed by atoms with Crippen molar-refractivity contribution in [1.29, 1.82) is 0 Å². The lowest BCUT2D eigenvalue weighted by Crippen LogP contribution is -2.45. The molecule has 2 saturated heterocycles. The highest BCUT2D eigenvalue weighted by atomic mass is 15.3. The Kier molecular flexibility index (Phi) is 5.01. The highest BCUT2D eigenvalue weighted by molar-refractivity contribution is 5.54. The summed E-state index contributed by atoms with van der Waals surface area (Å²) in [5.74, 6) is 0. The van der Waals surface area contributed by atoms with E-state index in [-0.39, 0.29) is 0 Å². The van der Waals surface area contributed by atoms with E-state index in [2.05, 4.69) is 65.0 Å². The lowest BCUT2D eigenvalue weighted by Gasteiger charge is -2.35. The number of rotatable bonds is 4. The highest BCUT2D eigenvalue weighted by Crippen LogP contribution is 2.25. The van der Waals surface area contributed by atoms with Gasteiger partial charge < -0.3 is 14.7 Å². The Bertz CT molecular complexity index is 480. The van der Waals surface area contributed by atoms with Gasteiger partial charge in [0.15, 0.2) is 0 Å². The van der Waals surface area contributed by atoms with Gasteiger partial charge in [0.25, 0.3) is 0 Å². The standard InChI is InChI=1S/C18H30N4/c1-19(2)17-8-9-21(15-17)14-16-6-4-5-7-18(16)22-12-10-20(3)11-13-22/h4-7,17H,8-15H2,1-3H3/t17-/m1/s1. The monoisotopic (exact) mass is 302 g/mol. The fourth-order valence-electron chi connectivity index (χ4n) is 3.62. The van der Waals surface area contributed by atoms with Gasteiger partial charge in [-0.1, -0.05) is 18.2 Å². The molecule has 0 aliphatic carbocycles. The Balaban J connectivity index is 1.67. The van der Waals surface area contributed by atoms with Gasteiger partial charge >= 0.3 is 0 Å². The van der Waals surface area contributed by atoms with Gasteiger partial charge in [-0.15, -0.1) is 0 Å². The Morgan fingerprint density at radius 1 is 1.05 bits per heavy atom. The van der Waals surface area contributed by atoms with Crippen molar-refractivity contribution in [2.75, 3.05) is 65.3 Å². The minimum atomic E-state index is 0.718. The summed E-state index contributed by atoms with van der Waals surface area (Å²) in [7, 11) is 6.62. The summed E-state index contributed by atoms with van der Waals surface area (Å²) in [6, 6.07) is 9.71. The van der Waals surface area contributed by atoms with Crippen LogP contribution in [0.1, 0.15) is 12.0 Å². The molecule has 0 unspecified atom stereocenters. The molecule has 0 aromatic heterocycles. The van der Waals surface area contributed by atoms with Crippen LogP contribution in [0.4, 0.5) is 5.69 Å². The van der Waals surface area contributed by atoms with Gasteiger partial charge in [-0.2, -0.15) is 0 Å². The van der Waals surface area contributed by atoms with Crippen LogP contribution in [0, 0.1) is 0 Å². The molecule has 2 fully saturated rings. The Morgan fingerprint density at radius 2 is 1.77 bits per heavy atom. The van der Waals surface area contributed by atoms with Gasteiger partial charge in [0.05, 0.1) is 0 Å². The fourth-order valence-corrected chi connectivity index (χ4v) is 3.62. The van der Waals surface area contributed by atoms with Crippen molar-refractivity contribution in [3.63, 3.8) is 0 Å². The van der Waals surface area contributed by atoms with Crippen LogP contribution >= 0.6 is 0 Å². The smallest absolute Gasteiger partial charge is 0.0412 e. The van der Waals surface area contributed by atoms with Crippen LogP contribution in [0.3, 0.4) is 0 Å². The molecule has 4 heteroatoms. The van der Waals surface area contributed by atoms with E-state index in [1.807, 2.05) is 0 Å². The van der Waals surface area contributed by atoms with Crippen molar-refractivity contribution >= 4 is 5.69 Å². The van der Waals surface area contributed by atoms with Crippen LogP contribution in [0.5, 0.6) is 0 Å².